The van der Waals surface area contributed by atoms with Gasteiger partial charge in [0.15, 0.2) is 15.2 Å². The van der Waals surface area contributed by atoms with Crippen molar-refractivity contribution in [3.05, 3.63) is 10.0 Å². The quantitative estimate of drug-likeness (QED) is 0.826. The maximum absolute atomic E-state index is 11.2. The monoisotopic (exact) mass is 282 g/mol. The molecule has 1 N–H and O–H groups in total. The van der Waals surface area contributed by atoms with Crippen molar-refractivity contribution in [2.24, 2.45) is 0 Å². The van der Waals surface area contributed by atoms with E-state index in [4.69, 9.17) is 11.6 Å². The lowest BCUT2D eigenvalue weighted by molar-refractivity contribution is 0.0606. The van der Waals surface area contributed by atoms with E-state index in [1.54, 1.807) is 6.26 Å². The van der Waals surface area contributed by atoms with Crippen molar-refractivity contribution in [1.29, 1.82) is 0 Å². The fourth-order valence-electron chi connectivity index (χ4n) is 0.897. The third kappa shape index (κ3) is 3.73. The molecule has 0 aliphatic rings. The van der Waals surface area contributed by atoms with Gasteiger partial charge in [-0.05, 0) is 0 Å². The number of ether oxygens (including phenoxy) is 1. The van der Waals surface area contributed by atoms with E-state index in [0.29, 0.717) is 17.4 Å². The van der Waals surface area contributed by atoms with Crippen molar-refractivity contribution in [3.63, 3.8) is 0 Å². The number of hydrogen-bond acceptors (Lipinski definition) is 6. The van der Waals surface area contributed by atoms with Crippen LogP contribution in [0.15, 0.2) is 0 Å². The van der Waals surface area contributed by atoms with Gasteiger partial charge in [0, 0.05) is 29.4 Å². The number of aromatic nitrogens is 1. The van der Waals surface area contributed by atoms with E-state index >= 15 is 0 Å². The Labute approximate surface area is 105 Å². The number of nitrogens with zero attached hydrogens (tertiary/aromatic N) is 1. The number of thiazole rings is 1. The fourth-order valence-corrected chi connectivity index (χ4v) is 2.42. The first-order valence-electron chi connectivity index (χ1n) is 4.33. The zero-order valence-corrected chi connectivity index (χ0v) is 11.2. The van der Waals surface area contributed by atoms with Crippen molar-refractivity contribution < 1.29 is 13.7 Å². The molecule has 8 heteroatoms. The predicted molar refractivity (Wildman–Crippen MR) is 65.9 cm³/mol. The molecule has 1 atom stereocenters. The Bertz CT molecular complexity index is 408. The third-order valence-corrected chi connectivity index (χ3v) is 3.78. The summed E-state index contributed by atoms with van der Waals surface area (Å²) in [5, 5.41) is 3.58. The molecule has 1 aromatic heterocycles. The predicted octanol–water partition coefficient (Wildman–Crippen LogP) is 1.37. The maximum atomic E-state index is 11.2. The maximum Gasteiger partial charge on any atom is 0.351 e. The number of hydrogen-bond donors (Lipinski definition) is 1. The number of halogens is 1. The molecule has 1 aromatic rings. The van der Waals surface area contributed by atoms with E-state index in [1.165, 1.54) is 7.11 Å². The second-order valence-electron chi connectivity index (χ2n) is 2.83. The molecule has 90 valence electrons. The lowest BCUT2D eigenvalue weighted by atomic mass is 10.6. The van der Waals surface area contributed by atoms with E-state index in [9.17, 15) is 9.00 Å². The van der Waals surface area contributed by atoms with Gasteiger partial charge in [-0.1, -0.05) is 22.9 Å². The second-order valence-corrected chi connectivity index (χ2v) is 5.75. The van der Waals surface area contributed by atoms with Crippen molar-refractivity contribution in [2.45, 2.75) is 0 Å². The Morgan fingerprint density at radius 2 is 2.38 bits per heavy atom. The molecule has 0 aliphatic heterocycles. The van der Waals surface area contributed by atoms with Gasteiger partial charge in [0.2, 0.25) is 0 Å². The molecule has 5 nitrogen and oxygen atoms in total. The van der Waals surface area contributed by atoms with Gasteiger partial charge >= 0.3 is 5.97 Å². The molecule has 0 spiro atoms. The van der Waals surface area contributed by atoms with Crippen LogP contribution in [0, 0.1) is 0 Å². The van der Waals surface area contributed by atoms with E-state index < -0.39 is 16.8 Å². The number of methoxy groups -OCH3 is 1. The Morgan fingerprint density at radius 1 is 1.69 bits per heavy atom. The van der Waals surface area contributed by atoms with E-state index in [-0.39, 0.29) is 10.0 Å². The number of anilines is 1. The first-order valence-corrected chi connectivity index (χ1v) is 7.25. The number of nitrogens with one attached hydrogen (secondary N) is 1. The van der Waals surface area contributed by atoms with Gasteiger partial charge in [0.1, 0.15) is 0 Å². The standard InChI is InChI=1S/C8H11ClN2O3S2/c1-14-7(12)5-6(9)11-8(15-5)10-3-4-16(2)13/h3-4H2,1-2H3,(H,10,11). The zero-order chi connectivity index (χ0) is 12.1. The van der Waals surface area contributed by atoms with Crippen LogP contribution in [0.25, 0.3) is 0 Å². The Hall–Kier alpha value is -0.660. The van der Waals surface area contributed by atoms with Gasteiger partial charge in [-0.3, -0.25) is 4.21 Å². The van der Waals surface area contributed by atoms with Gasteiger partial charge in [0.05, 0.1) is 7.11 Å². The van der Waals surface area contributed by atoms with Crippen LogP contribution in [-0.2, 0) is 15.5 Å². The fraction of sp³-hybridized carbons (Fsp3) is 0.500. The Kier molecular flexibility index (Phi) is 5.17. The molecule has 0 radical (unpaired) electrons. The minimum absolute atomic E-state index is 0.122. The van der Waals surface area contributed by atoms with Crippen molar-refractivity contribution in [3.8, 4) is 0 Å². The molecule has 16 heavy (non-hydrogen) atoms. The molecule has 0 amide bonds. The summed E-state index contributed by atoms with van der Waals surface area (Å²) in [6.45, 7) is 0.521. The summed E-state index contributed by atoms with van der Waals surface area (Å²) in [7, 11) is 0.425. The van der Waals surface area contributed by atoms with Gasteiger partial charge < -0.3 is 10.1 Å². The normalized spacial score (nSPS) is 12.2. The Balaban J connectivity index is 2.62. The summed E-state index contributed by atoms with van der Waals surface area (Å²) >= 11 is 6.87. The van der Waals surface area contributed by atoms with E-state index in [2.05, 4.69) is 15.0 Å². The molecular formula is C8H11ClN2O3S2. The molecule has 0 aromatic carbocycles. The highest BCUT2D eigenvalue weighted by atomic mass is 35.5. The Morgan fingerprint density at radius 3 is 2.94 bits per heavy atom. The summed E-state index contributed by atoms with van der Waals surface area (Å²) in [4.78, 5) is 15.4. The largest absolute Gasteiger partial charge is 0.465 e. The molecule has 0 saturated carbocycles. The highest BCUT2D eigenvalue weighted by Gasteiger charge is 2.16. The van der Waals surface area contributed by atoms with Crippen molar-refractivity contribution >= 4 is 44.8 Å². The van der Waals surface area contributed by atoms with Crippen LogP contribution in [-0.4, -0.2) is 40.8 Å². The molecule has 1 rings (SSSR count). The van der Waals surface area contributed by atoms with Gasteiger partial charge in [0.25, 0.3) is 0 Å². The number of carbonyl (C=O) groups excluding carboxylic acids is 1. The molecular weight excluding hydrogens is 272 g/mol. The molecule has 0 saturated heterocycles. The van der Waals surface area contributed by atoms with Crippen LogP contribution in [0.4, 0.5) is 5.13 Å². The molecule has 0 aliphatic carbocycles. The number of esters is 1. The topological polar surface area (TPSA) is 68.3 Å². The highest BCUT2D eigenvalue weighted by Crippen LogP contribution is 2.27. The SMILES string of the molecule is COC(=O)c1sc(NCCS(C)=O)nc1Cl. The van der Waals surface area contributed by atoms with Crippen LogP contribution < -0.4 is 5.32 Å². The van der Waals surface area contributed by atoms with Crippen LogP contribution in [0.3, 0.4) is 0 Å². The van der Waals surface area contributed by atoms with Crippen molar-refractivity contribution in [2.75, 3.05) is 31.0 Å². The smallest absolute Gasteiger partial charge is 0.351 e. The lowest BCUT2D eigenvalue weighted by Gasteiger charge is -1.98. The summed E-state index contributed by atoms with van der Waals surface area (Å²) in [6, 6.07) is 0. The first kappa shape index (κ1) is 13.4. The number of carbonyl (C=O) groups is 1. The average molecular weight is 283 g/mol. The third-order valence-electron chi connectivity index (χ3n) is 1.62. The second kappa shape index (κ2) is 6.17. The summed E-state index contributed by atoms with van der Waals surface area (Å²) in [5.74, 6) is 0.0136. The molecule has 1 heterocycles. The zero-order valence-electron chi connectivity index (χ0n) is 8.78. The van der Waals surface area contributed by atoms with Crippen LogP contribution in [0.1, 0.15) is 9.67 Å². The number of rotatable bonds is 5. The molecule has 1 unspecified atom stereocenters. The minimum Gasteiger partial charge on any atom is -0.465 e. The lowest BCUT2D eigenvalue weighted by Crippen LogP contribution is -2.09. The van der Waals surface area contributed by atoms with Crippen LogP contribution >= 0.6 is 22.9 Å². The van der Waals surface area contributed by atoms with Crippen LogP contribution in [0.2, 0.25) is 5.15 Å². The van der Waals surface area contributed by atoms with Crippen LogP contribution in [0.5, 0.6) is 0 Å². The first-order chi connectivity index (χ1) is 7.54. The summed E-state index contributed by atoms with van der Waals surface area (Å²) in [6.07, 6.45) is 1.62. The molecule has 0 fully saturated rings. The molecule has 0 bridgehead atoms. The van der Waals surface area contributed by atoms with Gasteiger partial charge in [-0.15, -0.1) is 0 Å². The van der Waals surface area contributed by atoms with E-state index in [0.717, 1.165) is 11.3 Å². The highest BCUT2D eigenvalue weighted by molar-refractivity contribution is 7.84. The van der Waals surface area contributed by atoms with Gasteiger partial charge in [-0.2, -0.15) is 0 Å². The summed E-state index contributed by atoms with van der Waals surface area (Å²) in [5.41, 5.74) is 0. The summed E-state index contributed by atoms with van der Waals surface area (Å²) < 4.78 is 15.4. The van der Waals surface area contributed by atoms with E-state index in [1.807, 2.05) is 0 Å². The minimum atomic E-state index is -0.858. The average Bonchev–Trinajstić information content (AvgIpc) is 2.58. The van der Waals surface area contributed by atoms with Gasteiger partial charge in [-0.25, -0.2) is 9.78 Å². The van der Waals surface area contributed by atoms with Crippen molar-refractivity contribution in [1.82, 2.24) is 4.98 Å².